The van der Waals surface area contributed by atoms with E-state index in [9.17, 15) is 4.39 Å². The molecule has 0 fully saturated rings. The number of nitrogens with one attached hydrogen (secondary N) is 1. The maximum Gasteiger partial charge on any atom is 0.123 e. The van der Waals surface area contributed by atoms with Gasteiger partial charge in [0.25, 0.3) is 0 Å². The van der Waals surface area contributed by atoms with Crippen molar-refractivity contribution in [2.24, 2.45) is 5.92 Å². The summed E-state index contributed by atoms with van der Waals surface area (Å²) in [5.41, 5.74) is 2.18. The van der Waals surface area contributed by atoms with Gasteiger partial charge in [-0.3, -0.25) is 0 Å². The molecule has 3 heteroatoms. The second kappa shape index (κ2) is 8.16. The van der Waals surface area contributed by atoms with Gasteiger partial charge in [0.05, 0.1) is 0 Å². The topological polar surface area (TPSA) is 12.0 Å². The molecule has 0 spiro atoms. The Bertz CT molecular complexity index is 571. The van der Waals surface area contributed by atoms with Gasteiger partial charge >= 0.3 is 0 Å². The van der Waals surface area contributed by atoms with Crippen LogP contribution in [-0.4, -0.2) is 13.1 Å². The fourth-order valence-corrected chi connectivity index (χ4v) is 2.75. The van der Waals surface area contributed by atoms with E-state index in [4.69, 9.17) is 11.6 Å². The van der Waals surface area contributed by atoms with Crippen LogP contribution in [0.3, 0.4) is 0 Å². The van der Waals surface area contributed by atoms with Gasteiger partial charge in [0, 0.05) is 5.02 Å². The summed E-state index contributed by atoms with van der Waals surface area (Å²) in [6.07, 6.45) is 1.74. The predicted molar refractivity (Wildman–Crippen MR) is 87.3 cm³/mol. The maximum atomic E-state index is 13.3. The van der Waals surface area contributed by atoms with Gasteiger partial charge in [0.15, 0.2) is 0 Å². The SMILES string of the molecule is CCNCC(Cc1cccc(F)c1)Cc1ccccc1Cl. The Balaban J connectivity index is 2.09. The number of hydrogen-bond acceptors (Lipinski definition) is 1. The van der Waals surface area contributed by atoms with Crippen LogP contribution >= 0.6 is 11.6 Å². The van der Waals surface area contributed by atoms with E-state index in [1.165, 1.54) is 6.07 Å². The van der Waals surface area contributed by atoms with E-state index in [1.54, 1.807) is 12.1 Å². The van der Waals surface area contributed by atoms with Gasteiger partial charge in [-0.25, -0.2) is 4.39 Å². The summed E-state index contributed by atoms with van der Waals surface area (Å²) in [6, 6.07) is 14.8. The molecule has 0 aromatic heterocycles. The van der Waals surface area contributed by atoms with Gasteiger partial charge in [0.2, 0.25) is 0 Å². The lowest BCUT2D eigenvalue weighted by molar-refractivity contribution is 0.477. The molecule has 0 amide bonds. The van der Waals surface area contributed by atoms with Crippen molar-refractivity contribution in [1.29, 1.82) is 0 Å². The molecule has 2 aromatic carbocycles. The van der Waals surface area contributed by atoms with Crippen LogP contribution < -0.4 is 5.32 Å². The van der Waals surface area contributed by atoms with Gasteiger partial charge in [-0.15, -0.1) is 0 Å². The summed E-state index contributed by atoms with van der Waals surface area (Å²) in [5.74, 6) is 0.221. The summed E-state index contributed by atoms with van der Waals surface area (Å²) in [7, 11) is 0. The summed E-state index contributed by atoms with van der Waals surface area (Å²) in [4.78, 5) is 0. The van der Waals surface area contributed by atoms with Crippen molar-refractivity contribution in [2.75, 3.05) is 13.1 Å². The molecule has 0 bridgehead atoms. The highest BCUT2D eigenvalue weighted by molar-refractivity contribution is 6.31. The van der Waals surface area contributed by atoms with Crippen molar-refractivity contribution in [3.8, 4) is 0 Å². The van der Waals surface area contributed by atoms with Crippen LogP contribution in [0.15, 0.2) is 48.5 Å². The van der Waals surface area contributed by atoms with Crippen molar-refractivity contribution in [3.05, 3.63) is 70.5 Å². The van der Waals surface area contributed by atoms with Gasteiger partial charge in [-0.1, -0.05) is 48.9 Å². The van der Waals surface area contributed by atoms with Gasteiger partial charge in [-0.2, -0.15) is 0 Å². The van der Waals surface area contributed by atoms with E-state index in [0.717, 1.165) is 42.1 Å². The van der Waals surface area contributed by atoms with Crippen LogP contribution in [-0.2, 0) is 12.8 Å². The third-order valence-electron chi connectivity index (χ3n) is 3.56. The second-order valence-electron chi connectivity index (χ2n) is 5.30. The normalized spacial score (nSPS) is 12.3. The largest absolute Gasteiger partial charge is 0.317 e. The van der Waals surface area contributed by atoms with Gasteiger partial charge in [-0.05, 0) is 61.2 Å². The Labute approximate surface area is 131 Å². The standard InChI is InChI=1S/C18H21ClFN/c1-2-21-13-15(10-14-6-5-8-17(20)12-14)11-16-7-3-4-9-18(16)19/h3-9,12,15,21H,2,10-11,13H2,1H3. The first-order chi connectivity index (χ1) is 10.2. The molecule has 0 heterocycles. The molecule has 1 atom stereocenters. The summed E-state index contributed by atoms with van der Waals surface area (Å²) in [6.45, 7) is 3.93. The molecule has 0 aliphatic heterocycles. The van der Waals surface area contributed by atoms with E-state index in [-0.39, 0.29) is 5.82 Å². The lowest BCUT2D eigenvalue weighted by Gasteiger charge is -2.18. The van der Waals surface area contributed by atoms with Gasteiger partial charge < -0.3 is 5.32 Å². The monoisotopic (exact) mass is 305 g/mol. The molecular weight excluding hydrogens is 285 g/mol. The molecule has 1 nitrogen and oxygen atoms in total. The number of hydrogen-bond donors (Lipinski definition) is 1. The average molecular weight is 306 g/mol. The van der Waals surface area contributed by atoms with Crippen LogP contribution in [0.4, 0.5) is 4.39 Å². The van der Waals surface area contributed by atoms with E-state index in [0.29, 0.717) is 5.92 Å². The quantitative estimate of drug-likeness (QED) is 0.794. The fraction of sp³-hybridized carbons (Fsp3) is 0.333. The first kappa shape index (κ1) is 16.0. The lowest BCUT2D eigenvalue weighted by Crippen LogP contribution is -2.25. The zero-order valence-electron chi connectivity index (χ0n) is 12.3. The van der Waals surface area contributed by atoms with Crippen molar-refractivity contribution < 1.29 is 4.39 Å². The summed E-state index contributed by atoms with van der Waals surface area (Å²) < 4.78 is 13.3. The Kier molecular flexibility index (Phi) is 6.21. The zero-order chi connectivity index (χ0) is 15.1. The molecule has 0 aliphatic carbocycles. The summed E-state index contributed by atoms with van der Waals surface area (Å²) in [5, 5.41) is 4.19. The third kappa shape index (κ3) is 5.14. The Morgan fingerprint density at radius 2 is 1.90 bits per heavy atom. The highest BCUT2D eigenvalue weighted by atomic mass is 35.5. The van der Waals surface area contributed by atoms with Gasteiger partial charge in [0.1, 0.15) is 5.82 Å². The molecule has 2 aromatic rings. The highest BCUT2D eigenvalue weighted by Gasteiger charge is 2.12. The van der Waals surface area contributed by atoms with E-state index < -0.39 is 0 Å². The highest BCUT2D eigenvalue weighted by Crippen LogP contribution is 2.21. The molecule has 112 valence electrons. The van der Waals surface area contributed by atoms with Crippen LogP contribution in [0.1, 0.15) is 18.1 Å². The first-order valence-electron chi connectivity index (χ1n) is 7.37. The van der Waals surface area contributed by atoms with Crippen LogP contribution in [0.2, 0.25) is 5.02 Å². The number of halogens is 2. The lowest BCUT2D eigenvalue weighted by atomic mass is 9.92. The van der Waals surface area contributed by atoms with E-state index in [1.807, 2.05) is 24.3 Å². The Hall–Kier alpha value is -1.38. The number of benzene rings is 2. The predicted octanol–water partition coefficient (Wildman–Crippen LogP) is 4.49. The van der Waals surface area contributed by atoms with Crippen molar-refractivity contribution in [1.82, 2.24) is 5.32 Å². The minimum Gasteiger partial charge on any atom is -0.317 e. The van der Waals surface area contributed by atoms with Crippen molar-refractivity contribution in [2.45, 2.75) is 19.8 Å². The van der Waals surface area contributed by atoms with E-state index in [2.05, 4.69) is 18.3 Å². The molecule has 2 rings (SSSR count). The van der Waals surface area contributed by atoms with Crippen LogP contribution in [0.25, 0.3) is 0 Å². The fourth-order valence-electron chi connectivity index (χ4n) is 2.54. The zero-order valence-corrected chi connectivity index (χ0v) is 13.0. The van der Waals surface area contributed by atoms with Crippen molar-refractivity contribution in [3.63, 3.8) is 0 Å². The Morgan fingerprint density at radius 1 is 1.10 bits per heavy atom. The summed E-state index contributed by atoms with van der Waals surface area (Å²) >= 11 is 6.25. The minimum absolute atomic E-state index is 0.174. The molecule has 0 aliphatic rings. The second-order valence-corrected chi connectivity index (χ2v) is 5.71. The molecule has 0 saturated heterocycles. The molecule has 1 N–H and O–H groups in total. The molecule has 21 heavy (non-hydrogen) atoms. The van der Waals surface area contributed by atoms with E-state index >= 15 is 0 Å². The van der Waals surface area contributed by atoms with Crippen molar-refractivity contribution >= 4 is 11.6 Å². The maximum absolute atomic E-state index is 13.3. The Morgan fingerprint density at radius 3 is 2.62 bits per heavy atom. The molecular formula is C18H21ClFN. The van der Waals surface area contributed by atoms with Crippen LogP contribution in [0.5, 0.6) is 0 Å². The third-order valence-corrected chi connectivity index (χ3v) is 3.93. The number of rotatable bonds is 7. The van der Waals surface area contributed by atoms with Crippen LogP contribution in [0, 0.1) is 11.7 Å². The molecule has 0 saturated carbocycles. The molecule has 1 unspecified atom stereocenters. The smallest absolute Gasteiger partial charge is 0.123 e. The minimum atomic E-state index is -0.174. The first-order valence-corrected chi connectivity index (χ1v) is 7.75. The average Bonchev–Trinajstić information content (AvgIpc) is 2.47. The molecule has 0 radical (unpaired) electrons.